The molecule has 0 unspecified atom stereocenters. The van der Waals surface area contributed by atoms with E-state index < -0.39 is 5.82 Å². The third kappa shape index (κ3) is 6.52. The molecule has 8 heteroatoms. The Hall–Kier alpha value is -2.45. The molecule has 2 rings (SSSR count). The van der Waals surface area contributed by atoms with Crippen molar-refractivity contribution in [2.45, 2.75) is 6.92 Å². The van der Waals surface area contributed by atoms with E-state index >= 15 is 0 Å². The van der Waals surface area contributed by atoms with Crippen molar-refractivity contribution in [3.8, 4) is 5.75 Å². The Balaban J connectivity index is 1.93. The zero-order valence-electron chi connectivity index (χ0n) is 14.5. The summed E-state index contributed by atoms with van der Waals surface area (Å²) >= 11 is 0. The molecule has 0 amide bonds. The first-order valence-corrected chi connectivity index (χ1v) is 8.19. The Labute approximate surface area is 147 Å². The number of nitrogens with one attached hydrogen (secondary N) is 3. The van der Waals surface area contributed by atoms with E-state index in [2.05, 4.69) is 25.9 Å². The molecule has 3 N–H and O–H groups in total. The van der Waals surface area contributed by atoms with Gasteiger partial charge in [0, 0.05) is 25.9 Å². The minimum atomic E-state index is -0.482. The van der Waals surface area contributed by atoms with Crippen LogP contribution in [0.1, 0.15) is 6.92 Å². The highest BCUT2D eigenvalue weighted by Crippen LogP contribution is 2.19. The fraction of sp³-hybridized carbons (Fsp3) is 0.412. The Morgan fingerprint density at radius 1 is 1.12 bits per heavy atom. The molecule has 1 heterocycles. The second kappa shape index (κ2) is 10.4. The second-order valence-corrected chi connectivity index (χ2v) is 5.16. The molecule has 136 valence electrons. The van der Waals surface area contributed by atoms with Gasteiger partial charge in [0.1, 0.15) is 12.4 Å². The van der Waals surface area contributed by atoms with Gasteiger partial charge in [-0.1, -0.05) is 6.92 Å². The predicted molar refractivity (Wildman–Crippen MR) is 96.1 cm³/mol. The van der Waals surface area contributed by atoms with E-state index in [1.165, 1.54) is 0 Å². The summed E-state index contributed by atoms with van der Waals surface area (Å²) in [6, 6.07) is 7.34. The summed E-state index contributed by atoms with van der Waals surface area (Å²) in [6.07, 6.45) is 1.15. The highest BCUT2D eigenvalue weighted by molar-refractivity contribution is 5.56. The van der Waals surface area contributed by atoms with Crippen LogP contribution in [0.25, 0.3) is 0 Å². The molecule has 2 aromatic rings. The van der Waals surface area contributed by atoms with Gasteiger partial charge in [-0.3, -0.25) is 0 Å². The molecule has 25 heavy (non-hydrogen) atoms. The first-order chi connectivity index (χ1) is 12.2. The lowest BCUT2D eigenvalue weighted by atomic mass is 10.3. The number of hydrogen-bond acceptors (Lipinski definition) is 7. The molecule has 0 spiro atoms. The number of anilines is 3. The van der Waals surface area contributed by atoms with Gasteiger partial charge in [0.05, 0.1) is 12.8 Å². The number of halogens is 1. The molecule has 0 aliphatic rings. The van der Waals surface area contributed by atoms with Crippen LogP contribution in [0, 0.1) is 5.82 Å². The van der Waals surface area contributed by atoms with Crippen LogP contribution in [0.5, 0.6) is 5.75 Å². The molecular weight excluding hydrogens is 325 g/mol. The Kier molecular flexibility index (Phi) is 7.87. The Bertz CT molecular complexity index is 639. The first kappa shape index (κ1) is 18.9. The van der Waals surface area contributed by atoms with Gasteiger partial charge >= 0.3 is 0 Å². The molecule has 1 aromatic heterocycles. The number of methoxy groups -OCH3 is 1. The minimum Gasteiger partial charge on any atom is -0.491 e. The van der Waals surface area contributed by atoms with Crippen LogP contribution in [0.4, 0.5) is 21.8 Å². The van der Waals surface area contributed by atoms with Crippen LogP contribution >= 0.6 is 0 Å². The van der Waals surface area contributed by atoms with Crippen molar-refractivity contribution in [3.05, 3.63) is 36.3 Å². The first-order valence-electron chi connectivity index (χ1n) is 8.19. The third-order valence-corrected chi connectivity index (χ3v) is 3.25. The van der Waals surface area contributed by atoms with Crippen molar-refractivity contribution < 1.29 is 13.9 Å². The van der Waals surface area contributed by atoms with Crippen molar-refractivity contribution in [2.24, 2.45) is 0 Å². The normalized spacial score (nSPS) is 10.5. The quantitative estimate of drug-likeness (QED) is 0.538. The molecule has 7 nitrogen and oxygen atoms in total. The lowest BCUT2D eigenvalue weighted by molar-refractivity contribution is 0.146. The van der Waals surface area contributed by atoms with Gasteiger partial charge in [-0.05, 0) is 30.8 Å². The summed E-state index contributed by atoms with van der Waals surface area (Å²) in [4.78, 5) is 8.13. The van der Waals surface area contributed by atoms with Gasteiger partial charge in [0.25, 0.3) is 0 Å². The number of nitrogens with zero attached hydrogens (tertiary/aromatic N) is 2. The fourth-order valence-electron chi connectivity index (χ4n) is 2.00. The number of likely N-dealkylation sites (N-methyl/N-ethyl adjacent to an activating group) is 1. The molecule has 0 fully saturated rings. The zero-order chi connectivity index (χ0) is 17.9. The summed E-state index contributed by atoms with van der Waals surface area (Å²) in [7, 11) is 1.63. The number of benzene rings is 1. The fourth-order valence-corrected chi connectivity index (χ4v) is 2.00. The highest BCUT2D eigenvalue weighted by Gasteiger charge is 2.07. The topological polar surface area (TPSA) is 80.3 Å². The summed E-state index contributed by atoms with van der Waals surface area (Å²) < 4.78 is 24.2. The largest absolute Gasteiger partial charge is 0.491 e. The minimum absolute atomic E-state index is 0.176. The van der Waals surface area contributed by atoms with Gasteiger partial charge in [0.2, 0.25) is 5.95 Å². The number of rotatable bonds is 11. The molecular formula is C17H24FN5O2. The van der Waals surface area contributed by atoms with Crippen LogP contribution in [-0.4, -0.2) is 49.9 Å². The van der Waals surface area contributed by atoms with E-state index in [0.29, 0.717) is 25.7 Å². The molecule has 0 aliphatic heterocycles. The second-order valence-electron chi connectivity index (χ2n) is 5.16. The van der Waals surface area contributed by atoms with E-state index in [0.717, 1.165) is 30.7 Å². The van der Waals surface area contributed by atoms with Crippen LogP contribution in [0.15, 0.2) is 30.5 Å². The zero-order valence-corrected chi connectivity index (χ0v) is 14.5. The standard InChI is InChI=1S/C17H24FN5O2/c1-3-19-8-9-20-16-15(18)12-21-17(23-16)22-13-4-6-14(7-5-13)25-11-10-24-2/h4-7,12,19H,3,8-11H2,1-2H3,(H2,20,21,22,23). The number of ether oxygens (including phenoxy) is 2. The summed E-state index contributed by atoms with van der Waals surface area (Å²) in [6.45, 7) is 5.22. The monoisotopic (exact) mass is 349 g/mol. The Morgan fingerprint density at radius 2 is 1.92 bits per heavy atom. The van der Waals surface area contributed by atoms with Crippen LogP contribution in [-0.2, 0) is 4.74 Å². The molecule has 1 aromatic carbocycles. The summed E-state index contributed by atoms with van der Waals surface area (Å²) in [5.74, 6) is 0.757. The predicted octanol–water partition coefficient (Wildman–Crippen LogP) is 2.41. The van der Waals surface area contributed by atoms with Gasteiger partial charge in [0.15, 0.2) is 11.6 Å². The molecule has 0 atom stereocenters. The average Bonchev–Trinajstić information content (AvgIpc) is 2.63. The van der Waals surface area contributed by atoms with E-state index in [1.54, 1.807) is 7.11 Å². The van der Waals surface area contributed by atoms with E-state index in [1.807, 2.05) is 31.2 Å². The van der Waals surface area contributed by atoms with Crippen molar-refractivity contribution in [1.29, 1.82) is 0 Å². The maximum Gasteiger partial charge on any atom is 0.229 e. The third-order valence-electron chi connectivity index (χ3n) is 3.25. The van der Waals surface area contributed by atoms with Crippen molar-refractivity contribution >= 4 is 17.5 Å². The molecule has 0 bridgehead atoms. The maximum atomic E-state index is 13.8. The summed E-state index contributed by atoms with van der Waals surface area (Å²) in [5, 5.41) is 9.15. The van der Waals surface area contributed by atoms with Crippen molar-refractivity contribution in [3.63, 3.8) is 0 Å². The van der Waals surface area contributed by atoms with Gasteiger partial charge in [-0.25, -0.2) is 9.37 Å². The molecule has 0 aliphatic carbocycles. The van der Waals surface area contributed by atoms with Gasteiger partial charge < -0.3 is 25.4 Å². The molecule has 0 saturated carbocycles. The molecule has 0 radical (unpaired) electrons. The van der Waals surface area contributed by atoms with Crippen LogP contribution in [0.2, 0.25) is 0 Å². The van der Waals surface area contributed by atoms with Crippen molar-refractivity contribution in [2.75, 3.05) is 50.6 Å². The average molecular weight is 349 g/mol. The molecule has 0 saturated heterocycles. The van der Waals surface area contributed by atoms with Crippen LogP contribution < -0.4 is 20.7 Å². The SMILES string of the molecule is CCNCCNc1nc(Nc2ccc(OCCOC)cc2)ncc1F. The van der Waals surface area contributed by atoms with E-state index in [9.17, 15) is 4.39 Å². The number of hydrogen-bond donors (Lipinski definition) is 3. The van der Waals surface area contributed by atoms with Crippen molar-refractivity contribution in [1.82, 2.24) is 15.3 Å². The summed E-state index contributed by atoms with van der Waals surface area (Å²) in [5.41, 5.74) is 0.782. The Morgan fingerprint density at radius 3 is 2.64 bits per heavy atom. The number of aromatic nitrogens is 2. The van der Waals surface area contributed by atoms with Gasteiger partial charge in [-0.15, -0.1) is 0 Å². The van der Waals surface area contributed by atoms with E-state index in [-0.39, 0.29) is 5.82 Å². The smallest absolute Gasteiger partial charge is 0.229 e. The maximum absolute atomic E-state index is 13.8. The highest BCUT2D eigenvalue weighted by atomic mass is 19.1. The van der Waals surface area contributed by atoms with E-state index in [4.69, 9.17) is 9.47 Å². The van der Waals surface area contributed by atoms with Crippen LogP contribution in [0.3, 0.4) is 0 Å². The lowest BCUT2D eigenvalue weighted by Crippen LogP contribution is -2.22. The lowest BCUT2D eigenvalue weighted by Gasteiger charge is -2.10. The van der Waals surface area contributed by atoms with Gasteiger partial charge in [-0.2, -0.15) is 4.98 Å².